The smallest absolute Gasteiger partial charge is 0.246 e. The largest absolute Gasteiger partial charge is 0.496 e. The second kappa shape index (κ2) is 10.7. The molecule has 39 heavy (non-hydrogen) atoms. The summed E-state index contributed by atoms with van der Waals surface area (Å²) in [5.41, 5.74) is 12.3. The third-order valence-corrected chi connectivity index (χ3v) is 7.31. The van der Waals surface area contributed by atoms with Gasteiger partial charge in [0.15, 0.2) is 5.65 Å². The number of likely N-dealkylation sites (tertiary alicyclic amines) is 1. The number of nitrogens with two attached hydrogens (primary N) is 1. The molecule has 2 N–H and O–H groups in total. The van der Waals surface area contributed by atoms with E-state index in [0.717, 1.165) is 52.3 Å². The quantitative estimate of drug-likeness (QED) is 0.353. The summed E-state index contributed by atoms with van der Waals surface area (Å²) in [5.74, 6) is 1.86. The molecule has 1 unspecified atom stereocenters. The van der Waals surface area contributed by atoms with E-state index >= 15 is 0 Å². The van der Waals surface area contributed by atoms with Gasteiger partial charge in [-0.3, -0.25) is 9.78 Å². The molecule has 1 saturated heterocycles. The number of fused-ring (bicyclic) bond motifs is 1. The highest BCUT2D eigenvalue weighted by Gasteiger charge is 2.28. The summed E-state index contributed by atoms with van der Waals surface area (Å²) in [6.45, 7) is 11.1. The Kier molecular flexibility index (Phi) is 7.19. The van der Waals surface area contributed by atoms with Crippen LogP contribution in [0.4, 0.5) is 5.82 Å². The van der Waals surface area contributed by atoms with Gasteiger partial charge in [-0.2, -0.15) is 5.10 Å². The Morgan fingerprint density at radius 2 is 2.03 bits per heavy atom. The van der Waals surface area contributed by atoms with Crippen molar-refractivity contribution >= 4 is 22.8 Å². The first kappa shape index (κ1) is 26.1. The lowest BCUT2D eigenvalue weighted by molar-refractivity contribution is -0.127. The predicted molar refractivity (Wildman–Crippen MR) is 150 cm³/mol. The minimum absolute atomic E-state index is 0.0286. The molecule has 5 rings (SSSR count). The van der Waals surface area contributed by atoms with E-state index in [4.69, 9.17) is 20.3 Å². The third kappa shape index (κ3) is 4.89. The molecule has 10 heteroatoms. The maximum Gasteiger partial charge on any atom is 0.246 e. The fraction of sp³-hybridized carbons (Fsp3) is 0.345. The van der Waals surface area contributed by atoms with Crippen LogP contribution in [-0.2, 0) is 11.4 Å². The molecule has 0 radical (unpaired) electrons. The molecule has 1 aliphatic heterocycles. The van der Waals surface area contributed by atoms with E-state index in [9.17, 15) is 4.79 Å². The number of benzene rings is 1. The molecule has 0 spiro atoms. The van der Waals surface area contributed by atoms with Gasteiger partial charge in [0.2, 0.25) is 5.91 Å². The fourth-order valence-electron chi connectivity index (χ4n) is 5.26. The number of carbonyl (C=O) groups is 1. The summed E-state index contributed by atoms with van der Waals surface area (Å²) in [4.78, 5) is 27.4. The van der Waals surface area contributed by atoms with Gasteiger partial charge in [0.05, 0.1) is 24.2 Å². The highest BCUT2D eigenvalue weighted by molar-refractivity contribution is 5.98. The number of nitrogen functional groups attached to an aromatic ring is 1. The lowest BCUT2D eigenvalue weighted by atomic mass is 10.1. The number of hydrogen-bond acceptors (Lipinski definition) is 8. The van der Waals surface area contributed by atoms with Crippen LogP contribution in [0.15, 0.2) is 43.4 Å². The van der Waals surface area contributed by atoms with Gasteiger partial charge < -0.3 is 20.1 Å². The molecule has 0 bridgehead atoms. The number of methoxy groups -OCH3 is 1. The predicted octanol–water partition coefficient (Wildman–Crippen LogP) is 4.33. The molecule has 1 aromatic carbocycles. The maximum atomic E-state index is 12.3. The molecule has 1 amide bonds. The molecular formula is C29H33N7O3. The summed E-state index contributed by atoms with van der Waals surface area (Å²) in [6, 6.07) is 5.89. The van der Waals surface area contributed by atoms with Crippen molar-refractivity contribution in [3.8, 4) is 22.8 Å². The van der Waals surface area contributed by atoms with Crippen molar-refractivity contribution in [1.82, 2.24) is 29.6 Å². The SMILES string of the molecule is C=CC(=O)N1CCCC(n2nc(-c3ccc(OCc4ncc(C)c(OC)c4C)c(C)c3)c3c(N)ncnc32)C1. The molecule has 10 nitrogen and oxygen atoms in total. The zero-order valence-corrected chi connectivity index (χ0v) is 22.8. The molecule has 202 valence electrons. The van der Waals surface area contributed by atoms with E-state index in [2.05, 4.69) is 21.5 Å². The first-order chi connectivity index (χ1) is 18.8. The van der Waals surface area contributed by atoms with E-state index < -0.39 is 0 Å². The normalized spacial score (nSPS) is 15.4. The number of hydrogen-bond donors (Lipinski definition) is 1. The van der Waals surface area contributed by atoms with Crippen molar-refractivity contribution in [2.45, 2.75) is 46.3 Å². The van der Waals surface area contributed by atoms with Gasteiger partial charge in [-0.1, -0.05) is 6.58 Å². The highest BCUT2D eigenvalue weighted by Crippen LogP contribution is 2.35. The Bertz CT molecular complexity index is 1560. The van der Waals surface area contributed by atoms with E-state index in [-0.39, 0.29) is 11.9 Å². The minimum Gasteiger partial charge on any atom is -0.496 e. The first-order valence-electron chi connectivity index (χ1n) is 12.9. The van der Waals surface area contributed by atoms with Gasteiger partial charge in [-0.25, -0.2) is 14.6 Å². The zero-order valence-electron chi connectivity index (χ0n) is 22.8. The number of aryl methyl sites for hydroxylation is 2. The van der Waals surface area contributed by atoms with Crippen LogP contribution in [0.5, 0.6) is 11.5 Å². The zero-order chi connectivity index (χ0) is 27.7. The van der Waals surface area contributed by atoms with Crippen LogP contribution in [0, 0.1) is 20.8 Å². The van der Waals surface area contributed by atoms with Crippen LogP contribution in [0.2, 0.25) is 0 Å². The molecule has 4 heterocycles. The van der Waals surface area contributed by atoms with Crippen molar-refractivity contribution in [2.24, 2.45) is 0 Å². The molecule has 0 aliphatic carbocycles. The molecule has 0 saturated carbocycles. The molecule has 1 aliphatic rings. The number of rotatable bonds is 7. The lowest BCUT2D eigenvalue weighted by Crippen LogP contribution is -2.40. The van der Waals surface area contributed by atoms with Crippen molar-refractivity contribution in [3.63, 3.8) is 0 Å². The third-order valence-electron chi connectivity index (χ3n) is 7.31. The Morgan fingerprint density at radius 3 is 2.77 bits per heavy atom. The molecular weight excluding hydrogens is 494 g/mol. The van der Waals surface area contributed by atoms with Crippen LogP contribution in [0.3, 0.4) is 0 Å². The van der Waals surface area contributed by atoms with E-state index in [1.54, 1.807) is 18.2 Å². The molecule has 1 atom stereocenters. The second-order valence-corrected chi connectivity index (χ2v) is 9.85. The standard InChI is InChI=1S/C29H33N7O3/c1-6-24(37)35-11-7-8-21(14-35)36-29-25(28(30)32-16-33-29)26(34-36)20-9-10-23(17(2)12-20)39-15-22-19(4)27(38-5)18(3)13-31-22/h6,9-10,12-13,16,21H,1,7-8,11,14-15H2,2-5H3,(H2,30,32,33). The number of amides is 1. The Labute approximate surface area is 227 Å². The first-order valence-corrected chi connectivity index (χ1v) is 12.9. The Hall–Kier alpha value is -4.47. The van der Waals surface area contributed by atoms with Gasteiger partial charge in [0.1, 0.15) is 35.9 Å². The molecule has 4 aromatic rings. The van der Waals surface area contributed by atoms with Crippen molar-refractivity contribution in [2.75, 3.05) is 25.9 Å². The van der Waals surface area contributed by atoms with Gasteiger partial charge >= 0.3 is 0 Å². The van der Waals surface area contributed by atoms with Gasteiger partial charge in [-0.05, 0) is 63.5 Å². The number of pyridine rings is 1. The van der Waals surface area contributed by atoms with Crippen molar-refractivity contribution in [3.05, 3.63) is 65.8 Å². The van der Waals surface area contributed by atoms with Crippen molar-refractivity contribution < 1.29 is 14.3 Å². The topological polar surface area (TPSA) is 121 Å². The van der Waals surface area contributed by atoms with Crippen LogP contribution in [0.1, 0.15) is 41.3 Å². The number of anilines is 1. The summed E-state index contributed by atoms with van der Waals surface area (Å²) in [5, 5.41) is 5.67. The maximum absolute atomic E-state index is 12.3. The van der Waals surface area contributed by atoms with Crippen LogP contribution >= 0.6 is 0 Å². The van der Waals surface area contributed by atoms with Crippen molar-refractivity contribution in [1.29, 1.82) is 0 Å². The summed E-state index contributed by atoms with van der Waals surface area (Å²) in [7, 11) is 1.66. The number of nitrogens with zero attached hydrogens (tertiary/aromatic N) is 6. The van der Waals surface area contributed by atoms with E-state index in [1.165, 1.54) is 12.4 Å². The Balaban J connectivity index is 1.45. The average Bonchev–Trinajstić information content (AvgIpc) is 3.34. The van der Waals surface area contributed by atoms with Crippen LogP contribution in [0.25, 0.3) is 22.3 Å². The summed E-state index contributed by atoms with van der Waals surface area (Å²) < 4.78 is 13.6. The number of ether oxygens (including phenoxy) is 2. The molecule has 1 fully saturated rings. The van der Waals surface area contributed by atoms with Gasteiger partial charge in [0.25, 0.3) is 0 Å². The van der Waals surface area contributed by atoms with Gasteiger partial charge in [0, 0.05) is 36.0 Å². The summed E-state index contributed by atoms with van der Waals surface area (Å²) in [6.07, 6.45) is 6.35. The van der Waals surface area contributed by atoms with Crippen LogP contribution < -0.4 is 15.2 Å². The van der Waals surface area contributed by atoms with E-state index in [0.29, 0.717) is 42.2 Å². The minimum atomic E-state index is -0.0776. The molecule has 3 aromatic heterocycles. The van der Waals surface area contributed by atoms with Crippen LogP contribution in [-0.4, -0.2) is 55.7 Å². The monoisotopic (exact) mass is 527 g/mol. The fourth-order valence-corrected chi connectivity index (χ4v) is 5.26. The van der Waals surface area contributed by atoms with Gasteiger partial charge in [-0.15, -0.1) is 0 Å². The number of piperidine rings is 1. The Morgan fingerprint density at radius 1 is 1.21 bits per heavy atom. The average molecular weight is 528 g/mol. The summed E-state index contributed by atoms with van der Waals surface area (Å²) >= 11 is 0. The number of carbonyl (C=O) groups excluding carboxylic acids is 1. The second-order valence-electron chi connectivity index (χ2n) is 9.85. The number of aromatic nitrogens is 5. The lowest BCUT2D eigenvalue weighted by Gasteiger charge is -2.32. The highest BCUT2D eigenvalue weighted by atomic mass is 16.5. The van der Waals surface area contributed by atoms with E-state index in [1.807, 2.05) is 43.7 Å².